The van der Waals surface area contributed by atoms with Crippen LogP contribution in [0.1, 0.15) is 51.1 Å². The first kappa shape index (κ1) is 16.9. The lowest BCUT2D eigenvalue weighted by atomic mass is 9.74. The smallest absolute Gasteiger partial charge is 0.124 e. The molecule has 2 nitrogen and oxygen atoms in total. The van der Waals surface area contributed by atoms with E-state index in [-0.39, 0.29) is 11.9 Å². The second-order valence-corrected chi connectivity index (χ2v) is 7.01. The summed E-state index contributed by atoms with van der Waals surface area (Å²) in [6.45, 7) is 7.32. The summed E-state index contributed by atoms with van der Waals surface area (Å²) in [5, 5.41) is 0. The van der Waals surface area contributed by atoms with Gasteiger partial charge in [-0.3, -0.25) is 4.90 Å². The molecular formula is C17H26BrFN2. The molecule has 2 N–H and O–H groups in total. The minimum Gasteiger partial charge on any atom is -0.329 e. The summed E-state index contributed by atoms with van der Waals surface area (Å²) in [5.41, 5.74) is 7.63. The van der Waals surface area contributed by atoms with Gasteiger partial charge in [0.25, 0.3) is 0 Å². The summed E-state index contributed by atoms with van der Waals surface area (Å²) >= 11 is 3.48. The van der Waals surface area contributed by atoms with Gasteiger partial charge in [-0.1, -0.05) is 48.7 Å². The number of rotatable bonds is 5. The Morgan fingerprint density at radius 2 is 1.90 bits per heavy atom. The molecule has 1 atom stereocenters. The third kappa shape index (κ3) is 3.66. The highest BCUT2D eigenvalue weighted by Crippen LogP contribution is 2.40. The molecule has 1 saturated heterocycles. The third-order valence-corrected chi connectivity index (χ3v) is 6.03. The molecule has 0 amide bonds. The van der Waals surface area contributed by atoms with Gasteiger partial charge in [0.2, 0.25) is 0 Å². The van der Waals surface area contributed by atoms with E-state index in [2.05, 4.69) is 34.7 Å². The Hall–Kier alpha value is -0.450. The van der Waals surface area contributed by atoms with Crippen molar-refractivity contribution >= 4 is 15.9 Å². The average molecular weight is 357 g/mol. The Morgan fingerprint density at radius 1 is 1.29 bits per heavy atom. The van der Waals surface area contributed by atoms with Gasteiger partial charge in [-0.05, 0) is 49.0 Å². The number of halogens is 2. The molecule has 1 fully saturated rings. The van der Waals surface area contributed by atoms with Crippen LogP contribution < -0.4 is 5.73 Å². The van der Waals surface area contributed by atoms with Crippen LogP contribution in [-0.2, 0) is 0 Å². The van der Waals surface area contributed by atoms with Crippen LogP contribution in [0.4, 0.5) is 4.39 Å². The summed E-state index contributed by atoms with van der Waals surface area (Å²) in [6.07, 6.45) is 4.97. The van der Waals surface area contributed by atoms with Crippen molar-refractivity contribution in [1.82, 2.24) is 4.90 Å². The van der Waals surface area contributed by atoms with E-state index in [0.717, 1.165) is 23.1 Å². The van der Waals surface area contributed by atoms with E-state index in [4.69, 9.17) is 5.73 Å². The van der Waals surface area contributed by atoms with Gasteiger partial charge in [0.15, 0.2) is 0 Å². The Balaban J connectivity index is 2.13. The van der Waals surface area contributed by atoms with E-state index in [1.54, 1.807) is 0 Å². The van der Waals surface area contributed by atoms with E-state index >= 15 is 0 Å². The maximum Gasteiger partial charge on any atom is 0.124 e. The Kier molecular flexibility index (Phi) is 5.81. The summed E-state index contributed by atoms with van der Waals surface area (Å²) in [5.74, 6) is -0.212. The SMILES string of the molecule is CCC1(CC)CCN(C(CN)c2ccc(F)cc2Br)CC1. The summed E-state index contributed by atoms with van der Waals surface area (Å²) in [7, 11) is 0. The lowest BCUT2D eigenvalue weighted by Crippen LogP contribution is -2.43. The number of nitrogens with two attached hydrogens (primary N) is 1. The van der Waals surface area contributed by atoms with Crippen LogP contribution in [-0.4, -0.2) is 24.5 Å². The molecular weight excluding hydrogens is 331 g/mol. The summed E-state index contributed by atoms with van der Waals surface area (Å²) in [6, 6.07) is 5.09. The van der Waals surface area contributed by atoms with Gasteiger partial charge < -0.3 is 5.73 Å². The van der Waals surface area contributed by atoms with E-state index < -0.39 is 0 Å². The van der Waals surface area contributed by atoms with E-state index in [9.17, 15) is 4.39 Å². The molecule has 2 rings (SSSR count). The van der Waals surface area contributed by atoms with Crippen LogP contribution in [0.15, 0.2) is 22.7 Å². The van der Waals surface area contributed by atoms with Crippen molar-refractivity contribution in [2.45, 2.75) is 45.6 Å². The fraction of sp³-hybridized carbons (Fsp3) is 0.647. The van der Waals surface area contributed by atoms with Crippen LogP contribution >= 0.6 is 15.9 Å². The van der Waals surface area contributed by atoms with Crippen molar-refractivity contribution < 1.29 is 4.39 Å². The van der Waals surface area contributed by atoms with Crippen LogP contribution in [0.2, 0.25) is 0 Å². The molecule has 0 aromatic heterocycles. The van der Waals surface area contributed by atoms with Crippen LogP contribution in [0, 0.1) is 11.2 Å². The molecule has 1 aliphatic heterocycles. The van der Waals surface area contributed by atoms with Crippen molar-refractivity contribution in [3.63, 3.8) is 0 Å². The number of hydrogen-bond acceptors (Lipinski definition) is 2. The molecule has 118 valence electrons. The predicted molar refractivity (Wildman–Crippen MR) is 89.7 cm³/mol. The molecule has 1 aliphatic rings. The molecule has 1 heterocycles. The lowest BCUT2D eigenvalue weighted by Gasteiger charge is -2.44. The fourth-order valence-corrected chi connectivity index (χ4v) is 4.13. The molecule has 1 unspecified atom stereocenters. The van der Waals surface area contributed by atoms with Crippen LogP contribution in [0.5, 0.6) is 0 Å². The minimum atomic E-state index is -0.212. The highest BCUT2D eigenvalue weighted by Gasteiger charge is 2.34. The lowest BCUT2D eigenvalue weighted by molar-refractivity contribution is 0.0677. The second kappa shape index (κ2) is 7.21. The van der Waals surface area contributed by atoms with Gasteiger partial charge in [0.05, 0.1) is 0 Å². The van der Waals surface area contributed by atoms with Crippen molar-refractivity contribution in [3.8, 4) is 0 Å². The van der Waals surface area contributed by atoms with E-state index in [1.807, 2.05) is 6.07 Å². The van der Waals surface area contributed by atoms with Gasteiger partial charge in [-0.15, -0.1) is 0 Å². The summed E-state index contributed by atoms with van der Waals surface area (Å²) in [4.78, 5) is 2.46. The van der Waals surface area contributed by atoms with E-state index in [1.165, 1.54) is 37.8 Å². The monoisotopic (exact) mass is 356 g/mol. The molecule has 0 bridgehead atoms. The average Bonchev–Trinajstić information content (AvgIpc) is 2.51. The van der Waals surface area contributed by atoms with Gasteiger partial charge >= 0.3 is 0 Å². The zero-order valence-corrected chi connectivity index (χ0v) is 14.6. The molecule has 1 aromatic rings. The largest absolute Gasteiger partial charge is 0.329 e. The first-order chi connectivity index (χ1) is 10.0. The summed E-state index contributed by atoms with van der Waals surface area (Å²) < 4.78 is 14.1. The van der Waals surface area contributed by atoms with Crippen molar-refractivity contribution in [2.75, 3.05) is 19.6 Å². The van der Waals surface area contributed by atoms with Gasteiger partial charge in [0.1, 0.15) is 5.82 Å². The minimum absolute atomic E-state index is 0.173. The van der Waals surface area contributed by atoms with Crippen LogP contribution in [0.25, 0.3) is 0 Å². The zero-order chi connectivity index (χ0) is 15.5. The maximum atomic E-state index is 13.3. The molecule has 0 saturated carbocycles. The fourth-order valence-electron chi connectivity index (χ4n) is 3.51. The van der Waals surface area contributed by atoms with Gasteiger partial charge in [-0.2, -0.15) is 0 Å². The Morgan fingerprint density at radius 3 is 2.38 bits per heavy atom. The molecule has 0 radical (unpaired) electrons. The second-order valence-electron chi connectivity index (χ2n) is 6.16. The molecule has 0 spiro atoms. The highest BCUT2D eigenvalue weighted by molar-refractivity contribution is 9.10. The Bertz CT molecular complexity index is 464. The zero-order valence-electron chi connectivity index (χ0n) is 13.0. The third-order valence-electron chi connectivity index (χ3n) is 5.34. The number of likely N-dealkylation sites (tertiary alicyclic amines) is 1. The molecule has 21 heavy (non-hydrogen) atoms. The molecule has 0 aliphatic carbocycles. The van der Waals surface area contributed by atoms with Gasteiger partial charge in [0, 0.05) is 17.1 Å². The highest BCUT2D eigenvalue weighted by atomic mass is 79.9. The topological polar surface area (TPSA) is 29.3 Å². The van der Waals surface area contributed by atoms with Crippen molar-refractivity contribution in [2.24, 2.45) is 11.1 Å². The van der Waals surface area contributed by atoms with E-state index in [0.29, 0.717) is 12.0 Å². The van der Waals surface area contributed by atoms with Crippen LogP contribution in [0.3, 0.4) is 0 Å². The molecule has 1 aromatic carbocycles. The number of nitrogens with zero attached hydrogens (tertiary/aromatic N) is 1. The quantitative estimate of drug-likeness (QED) is 0.841. The van der Waals surface area contributed by atoms with Crippen molar-refractivity contribution in [1.29, 1.82) is 0 Å². The van der Waals surface area contributed by atoms with Gasteiger partial charge in [-0.25, -0.2) is 4.39 Å². The van der Waals surface area contributed by atoms with Crippen molar-refractivity contribution in [3.05, 3.63) is 34.1 Å². The molecule has 4 heteroatoms. The standard InChI is InChI=1S/C17H26BrFN2/c1-3-17(4-2)7-9-21(10-8-17)16(12-20)14-6-5-13(19)11-15(14)18/h5-6,11,16H,3-4,7-10,12,20H2,1-2H3. The number of hydrogen-bond donors (Lipinski definition) is 1. The Labute approximate surface area is 136 Å². The first-order valence-electron chi connectivity index (χ1n) is 7.94. The number of benzene rings is 1. The predicted octanol–water partition coefficient (Wildman–Crippen LogP) is 4.49. The number of piperidine rings is 1. The maximum absolute atomic E-state index is 13.3. The first-order valence-corrected chi connectivity index (χ1v) is 8.73. The normalized spacial score (nSPS) is 20.4.